The van der Waals surface area contributed by atoms with E-state index in [4.69, 9.17) is 9.47 Å². The molecule has 1 aromatic rings. The van der Waals surface area contributed by atoms with Gasteiger partial charge in [0.05, 0.1) is 24.9 Å². The lowest BCUT2D eigenvalue weighted by molar-refractivity contribution is -0.133. The Kier molecular flexibility index (Phi) is 5.76. The van der Waals surface area contributed by atoms with Gasteiger partial charge in [-0.15, -0.1) is 0 Å². The molecule has 2 saturated heterocycles. The third-order valence-corrected chi connectivity index (χ3v) is 5.85. The van der Waals surface area contributed by atoms with Gasteiger partial charge >= 0.3 is 0 Å². The number of hydrogen-bond acceptors (Lipinski definition) is 5. The van der Waals surface area contributed by atoms with Gasteiger partial charge in [-0.3, -0.25) is 9.48 Å². The minimum absolute atomic E-state index is 0.109. The summed E-state index contributed by atoms with van der Waals surface area (Å²) in [6.45, 7) is 4.96. The van der Waals surface area contributed by atoms with Crippen LogP contribution in [0.3, 0.4) is 0 Å². The lowest BCUT2D eigenvalue weighted by Crippen LogP contribution is -2.56. The van der Waals surface area contributed by atoms with E-state index in [2.05, 4.69) is 21.1 Å². The zero-order valence-electron chi connectivity index (χ0n) is 15.6. The number of methoxy groups -OCH3 is 2. The van der Waals surface area contributed by atoms with E-state index in [1.165, 1.54) is 5.56 Å². The number of piperidine rings is 1. The highest BCUT2D eigenvalue weighted by Crippen LogP contribution is 2.48. The molecule has 0 saturated carbocycles. The van der Waals surface area contributed by atoms with E-state index in [9.17, 15) is 4.79 Å². The predicted molar refractivity (Wildman–Crippen MR) is 94.4 cm³/mol. The Morgan fingerprint density at radius 2 is 1.88 bits per heavy atom. The second-order valence-corrected chi connectivity index (χ2v) is 7.18. The Labute approximate surface area is 149 Å². The number of aryl methyl sites for hydroxylation is 1. The zero-order valence-corrected chi connectivity index (χ0v) is 15.6. The number of aromatic nitrogens is 2. The summed E-state index contributed by atoms with van der Waals surface area (Å²) >= 11 is 0. The van der Waals surface area contributed by atoms with Crippen LogP contribution in [0.25, 0.3) is 0 Å². The molecule has 0 N–H and O–H groups in total. The van der Waals surface area contributed by atoms with Crippen LogP contribution in [0.2, 0.25) is 0 Å². The predicted octanol–water partition coefficient (Wildman–Crippen LogP) is 0.863. The number of ether oxygens (including phenoxy) is 2. The zero-order chi connectivity index (χ0) is 17.9. The van der Waals surface area contributed by atoms with E-state index in [0.29, 0.717) is 19.6 Å². The lowest BCUT2D eigenvalue weighted by Gasteiger charge is -2.47. The Hall–Kier alpha value is -1.44. The van der Waals surface area contributed by atoms with Crippen molar-refractivity contribution in [2.45, 2.75) is 30.7 Å². The molecule has 0 bridgehead atoms. The molecule has 3 heterocycles. The van der Waals surface area contributed by atoms with Crippen LogP contribution in [0.15, 0.2) is 12.4 Å². The standard InChI is InChI=1S/C18H30N4O3/c1-20-14-15(13-19-20)16-12-17(23)22(9-11-25-3)18(16)4-6-21(7-5-18)8-10-24-2/h13-14,16H,4-12H2,1-3H3. The lowest BCUT2D eigenvalue weighted by atomic mass is 9.74. The molecule has 1 unspecified atom stereocenters. The number of amides is 1. The highest BCUT2D eigenvalue weighted by Gasteiger charge is 2.54. The minimum atomic E-state index is -0.109. The average molecular weight is 350 g/mol. The Morgan fingerprint density at radius 3 is 2.48 bits per heavy atom. The van der Waals surface area contributed by atoms with Gasteiger partial charge in [0.25, 0.3) is 0 Å². The van der Waals surface area contributed by atoms with Crippen LogP contribution in [0.5, 0.6) is 0 Å². The summed E-state index contributed by atoms with van der Waals surface area (Å²) in [6.07, 6.45) is 6.55. The molecular weight excluding hydrogens is 320 g/mol. The second kappa shape index (κ2) is 7.85. The van der Waals surface area contributed by atoms with Crippen LogP contribution in [-0.2, 0) is 21.3 Å². The molecule has 0 aliphatic carbocycles. The first-order chi connectivity index (χ1) is 12.1. The van der Waals surface area contributed by atoms with Gasteiger partial charge in [0.15, 0.2) is 0 Å². The van der Waals surface area contributed by atoms with Crippen molar-refractivity contribution in [2.75, 3.05) is 53.6 Å². The summed E-state index contributed by atoms with van der Waals surface area (Å²) in [4.78, 5) is 17.3. The Bertz CT molecular complexity index is 581. The van der Waals surface area contributed by atoms with E-state index in [-0.39, 0.29) is 17.4 Å². The van der Waals surface area contributed by atoms with Crippen molar-refractivity contribution < 1.29 is 14.3 Å². The first-order valence-corrected chi connectivity index (χ1v) is 9.10. The number of hydrogen-bond donors (Lipinski definition) is 0. The number of likely N-dealkylation sites (tertiary alicyclic amines) is 2. The molecule has 2 aliphatic heterocycles. The van der Waals surface area contributed by atoms with Crippen LogP contribution >= 0.6 is 0 Å². The number of nitrogens with zero attached hydrogens (tertiary/aromatic N) is 4. The van der Waals surface area contributed by atoms with Gasteiger partial charge < -0.3 is 19.3 Å². The molecular formula is C18H30N4O3. The van der Waals surface area contributed by atoms with Crippen molar-refractivity contribution in [3.05, 3.63) is 18.0 Å². The number of carbonyl (C=O) groups excluding carboxylic acids is 1. The molecule has 7 nitrogen and oxygen atoms in total. The van der Waals surface area contributed by atoms with E-state index in [1.54, 1.807) is 14.2 Å². The molecule has 1 atom stereocenters. The number of rotatable bonds is 7. The maximum atomic E-state index is 12.8. The highest BCUT2D eigenvalue weighted by molar-refractivity contribution is 5.81. The highest BCUT2D eigenvalue weighted by atomic mass is 16.5. The van der Waals surface area contributed by atoms with Crippen LogP contribution in [-0.4, -0.2) is 84.6 Å². The molecule has 3 rings (SSSR count). The maximum absolute atomic E-state index is 12.8. The Morgan fingerprint density at radius 1 is 1.20 bits per heavy atom. The van der Waals surface area contributed by atoms with Gasteiger partial charge in [0, 0.05) is 66.0 Å². The first-order valence-electron chi connectivity index (χ1n) is 9.10. The third-order valence-electron chi connectivity index (χ3n) is 5.85. The molecule has 7 heteroatoms. The van der Waals surface area contributed by atoms with E-state index in [1.807, 2.05) is 17.9 Å². The molecule has 25 heavy (non-hydrogen) atoms. The third kappa shape index (κ3) is 3.59. The quantitative estimate of drug-likeness (QED) is 0.730. The molecule has 1 amide bonds. The summed E-state index contributed by atoms with van der Waals surface area (Å²) in [5.74, 6) is 0.464. The van der Waals surface area contributed by atoms with Gasteiger partial charge in [-0.25, -0.2) is 0 Å². The van der Waals surface area contributed by atoms with Crippen LogP contribution in [0.1, 0.15) is 30.7 Å². The molecule has 2 fully saturated rings. The molecule has 0 radical (unpaired) electrons. The molecule has 1 spiro atoms. The fourth-order valence-corrected chi connectivity index (χ4v) is 4.49. The van der Waals surface area contributed by atoms with E-state index < -0.39 is 0 Å². The van der Waals surface area contributed by atoms with Crippen LogP contribution < -0.4 is 0 Å². The summed E-state index contributed by atoms with van der Waals surface area (Å²) in [5.41, 5.74) is 1.07. The van der Waals surface area contributed by atoms with E-state index in [0.717, 1.165) is 39.1 Å². The molecule has 0 aromatic carbocycles. The van der Waals surface area contributed by atoms with Gasteiger partial charge in [0.2, 0.25) is 5.91 Å². The van der Waals surface area contributed by atoms with Crippen molar-refractivity contribution in [1.82, 2.24) is 19.6 Å². The Balaban J connectivity index is 1.82. The van der Waals surface area contributed by atoms with Crippen molar-refractivity contribution in [3.8, 4) is 0 Å². The maximum Gasteiger partial charge on any atom is 0.223 e. The first kappa shape index (κ1) is 18.4. The van der Waals surface area contributed by atoms with Gasteiger partial charge in [-0.1, -0.05) is 0 Å². The SMILES string of the molecule is COCCN1CCC2(CC1)C(c1cnn(C)c1)CC(=O)N2CCOC. The minimum Gasteiger partial charge on any atom is -0.383 e. The van der Waals surface area contributed by atoms with Gasteiger partial charge in [-0.2, -0.15) is 5.10 Å². The molecule has 1 aromatic heterocycles. The molecule has 2 aliphatic rings. The second-order valence-electron chi connectivity index (χ2n) is 7.18. The topological polar surface area (TPSA) is 59.8 Å². The number of carbonyl (C=O) groups is 1. The van der Waals surface area contributed by atoms with Crippen molar-refractivity contribution >= 4 is 5.91 Å². The van der Waals surface area contributed by atoms with Crippen LogP contribution in [0.4, 0.5) is 0 Å². The summed E-state index contributed by atoms with van der Waals surface area (Å²) in [7, 11) is 5.37. The van der Waals surface area contributed by atoms with E-state index >= 15 is 0 Å². The smallest absolute Gasteiger partial charge is 0.223 e. The summed E-state index contributed by atoms with van der Waals surface area (Å²) in [6, 6.07) is 0. The largest absolute Gasteiger partial charge is 0.383 e. The molecule has 140 valence electrons. The van der Waals surface area contributed by atoms with Crippen molar-refractivity contribution in [3.63, 3.8) is 0 Å². The van der Waals surface area contributed by atoms with Crippen LogP contribution in [0, 0.1) is 0 Å². The summed E-state index contributed by atoms with van der Waals surface area (Å²) in [5, 5.41) is 4.34. The van der Waals surface area contributed by atoms with Crippen molar-refractivity contribution in [1.29, 1.82) is 0 Å². The fourth-order valence-electron chi connectivity index (χ4n) is 4.49. The van der Waals surface area contributed by atoms with Gasteiger partial charge in [-0.05, 0) is 18.4 Å². The normalized spacial score (nSPS) is 23.7. The van der Waals surface area contributed by atoms with Crippen molar-refractivity contribution in [2.24, 2.45) is 7.05 Å². The average Bonchev–Trinajstić information content (AvgIpc) is 3.15. The summed E-state index contributed by atoms with van der Waals surface area (Å²) < 4.78 is 12.3. The monoisotopic (exact) mass is 350 g/mol. The fraction of sp³-hybridized carbons (Fsp3) is 0.778. The van der Waals surface area contributed by atoms with Gasteiger partial charge in [0.1, 0.15) is 0 Å².